The predicted molar refractivity (Wildman–Crippen MR) is 211 cm³/mol. The van der Waals surface area contributed by atoms with Crippen molar-refractivity contribution in [1.29, 1.82) is 0 Å². The number of hydrogen-bond acceptors (Lipinski definition) is 3. The van der Waals surface area contributed by atoms with Crippen molar-refractivity contribution in [3.05, 3.63) is 182 Å². The third kappa shape index (κ3) is 4.96. The maximum absolute atomic E-state index is 5.34. The average Bonchev–Trinajstić information content (AvgIpc) is 3.55. The van der Waals surface area contributed by atoms with Crippen LogP contribution in [0.15, 0.2) is 182 Å². The van der Waals surface area contributed by atoms with Crippen LogP contribution in [-0.4, -0.2) is 19.5 Å². The first-order valence-corrected chi connectivity index (χ1v) is 17.2. The van der Waals surface area contributed by atoms with Crippen LogP contribution in [0.2, 0.25) is 0 Å². The fraction of sp³-hybridized carbons (Fsp3) is 0. The lowest BCUT2D eigenvalue weighted by atomic mass is 10.0. The predicted octanol–water partition coefficient (Wildman–Crippen LogP) is 11.9. The van der Waals surface area contributed by atoms with Gasteiger partial charge in [0.1, 0.15) is 5.52 Å². The molecule has 238 valence electrons. The van der Waals surface area contributed by atoms with Gasteiger partial charge in [0, 0.05) is 43.9 Å². The van der Waals surface area contributed by atoms with Crippen LogP contribution in [0.3, 0.4) is 0 Å². The molecule has 10 aromatic rings. The van der Waals surface area contributed by atoms with E-state index in [4.69, 9.17) is 15.0 Å². The molecular weight excluding hydrogens is 621 g/mol. The summed E-state index contributed by atoms with van der Waals surface area (Å²) in [4.78, 5) is 15.6. The number of rotatable bonds is 5. The molecule has 0 radical (unpaired) electrons. The zero-order valence-corrected chi connectivity index (χ0v) is 27.6. The van der Waals surface area contributed by atoms with E-state index in [0.717, 1.165) is 61.1 Å². The number of pyridine rings is 1. The molecule has 0 unspecified atom stereocenters. The van der Waals surface area contributed by atoms with Gasteiger partial charge in [0.25, 0.3) is 0 Å². The molecule has 0 spiro atoms. The molecule has 0 N–H and O–H groups in total. The molecule has 0 saturated carbocycles. The zero-order valence-electron chi connectivity index (χ0n) is 27.6. The summed E-state index contributed by atoms with van der Waals surface area (Å²) in [5.74, 6) is 0.688. The molecule has 0 aliphatic heterocycles. The number of para-hydroxylation sites is 1. The van der Waals surface area contributed by atoms with Crippen molar-refractivity contribution < 1.29 is 0 Å². The average molecular weight is 651 g/mol. The number of fused-ring (bicyclic) bond motifs is 6. The molecule has 0 saturated heterocycles. The normalized spacial score (nSPS) is 11.5. The Balaban J connectivity index is 1.14. The lowest BCUT2D eigenvalue weighted by molar-refractivity contribution is 1.18. The topological polar surface area (TPSA) is 43.6 Å². The molecule has 10 rings (SSSR count). The third-order valence-corrected chi connectivity index (χ3v) is 9.81. The summed E-state index contributed by atoms with van der Waals surface area (Å²) < 4.78 is 2.36. The van der Waals surface area contributed by atoms with Crippen LogP contribution >= 0.6 is 0 Å². The van der Waals surface area contributed by atoms with E-state index >= 15 is 0 Å². The Bertz CT molecular complexity index is 2880. The van der Waals surface area contributed by atoms with Gasteiger partial charge in [0.2, 0.25) is 0 Å². The van der Waals surface area contributed by atoms with Crippen LogP contribution in [0, 0.1) is 0 Å². The maximum atomic E-state index is 5.34. The second kappa shape index (κ2) is 11.9. The largest absolute Gasteiger partial charge is 0.309 e. The van der Waals surface area contributed by atoms with Gasteiger partial charge in [-0.15, -0.1) is 0 Å². The molecule has 0 aliphatic rings. The Kier molecular flexibility index (Phi) is 6.78. The van der Waals surface area contributed by atoms with Gasteiger partial charge in [-0.25, -0.2) is 15.0 Å². The Morgan fingerprint density at radius 1 is 0.353 bits per heavy atom. The summed E-state index contributed by atoms with van der Waals surface area (Å²) in [6.07, 6.45) is 0. The monoisotopic (exact) mass is 650 g/mol. The quantitative estimate of drug-likeness (QED) is 0.174. The van der Waals surface area contributed by atoms with E-state index in [1.54, 1.807) is 0 Å². The highest BCUT2D eigenvalue weighted by molar-refractivity contribution is 6.11. The van der Waals surface area contributed by atoms with Crippen molar-refractivity contribution in [2.45, 2.75) is 0 Å². The Morgan fingerprint density at radius 2 is 0.961 bits per heavy atom. The van der Waals surface area contributed by atoms with Crippen molar-refractivity contribution >= 4 is 43.6 Å². The Morgan fingerprint density at radius 3 is 1.73 bits per heavy atom. The van der Waals surface area contributed by atoms with Gasteiger partial charge in [-0.2, -0.15) is 0 Å². The molecule has 4 nitrogen and oxygen atoms in total. The fourth-order valence-corrected chi connectivity index (χ4v) is 7.31. The molecule has 0 amide bonds. The molecule has 3 aromatic heterocycles. The van der Waals surface area contributed by atoms with Crippen LogP contribution in [0.4, 0.5) is 0 Å². The summed E-state index contributed by atoms with van der Waals surface area (Å²) in [7, 11) is 0. The van der Waals surface area contributed by atoms with Crippen LogP contribution in [0.5, 0.6) is 0 Å². The maximum Gasteiger partial charge on any atom is 0.160 e. The number of hydrogen-bond donors (Lipinski definition) is 0. The van der Waals surface area contributed by atoms with E-state index in [-0.39, 0.29) is 0 Å². The number of nitrogens with zero attached hydrogens (tertiary/aromatic N) is 4. The van der Waals surface area contributed by atoms with Crippen molar-refractivity contribution in [3.8, 4) is 50.7 Å². The minimum Gasteiger partial charge on any atom is -0.309 e. The van der Waals surface area contributed by atoms with Gasteiger partial charge < -0.3 is 4.57 Å². The molecule has 0 aliphatic carbocycles. The molecule has 0 fully saturated rings. The van der Waals surface area contributed by atoms with Crippen molar-refractivity contribution in [2.24, 2.45) is 0 Å². The van der Waals surface area contributed by atoms with Crippen LogP contribution < -0.4 is 0 Å². The second-order valence-electron chi connectivity index (χ2n) is 12.9. The summed E-state index contributed by atoms with van der Waals surface area (Å²) in [5, 5.41) is 4.42. The van der Waals surface area contributed by atoms with E-state index in [2.05, 4.69) is 162 Å². The lowest BCUT2D eigenvalue weighted by Gasteiger charge is -2.12. The highest BCUT2D eigenvalue weighted by atomic mass is 15.0. The van der Waals surface area contributed by atoms with Gasteiger partial charge in [-0.1, -0.05) is 140 Å². The summed E-state index contributed by atoms with van der Waals surface area (Å²) >= 11 is 0. The van der Waals surface area contributed by atoms with Gasteiger partial charge in [-0.05, 0) is 53.6 Å². The number of benzene rings is 7. The van der Waals surface area contributed by atoms with Crippen molar-refractivity contribution in [3.63, 3.8) is 0 Å². The first kappa shape index (κ1) is 29.0. The molecular formula is C47H30N4. The summed E-state index contributed by atoms with van der Waals surface area (Å²) in [5.41, 5.74) is 12.5. The molecule has 4 heteroatoms. The third-order valence-electron chi connectivity index (χ3n) is 9.81. The molecule has 0 atom stereocenters. The van der Waals surface area contributed by atoms with Crippen LogP contribution in [0.25, 0.3) is 94.3 Å². The van der Waals surface area contributed by atoms with Crippen molar-refractivity contribution in [1.82, 2.24) is 19.5 Å². The van der Waals surface area contributed by atoms with E-state index < -0.39 is 0 Å². The van der Waals surface area contributed by atoms with Gasteiger partial charge >= 0.3 is 0 Å². The minimum atomic E-state index is 0.688. The summed E-state index contributed by atoms with van der Waals surface area (Å²) in [6, 6.07) is 63.8. The Labute approximate surface area is 295 Å². The van der Waals surface area contributed by atoms with Gasteiger partial charge in [0.05, 0.1) is 27.9 Å². The molecule has 7 aromatic carbocycles. The highest BCUT2D eigenvalue weighted by Crippen LogP contribution is 2.37. The lowest BCUT2D eigenvalue weighted by Crippen LogP contribution is -1.97. The first-order chi connectivity index (χ1) is 25.3. The van der Waals surface area contributed by atoms with E-state index in [1.807, 2.05) is 24.3 Å². The minimum absolute atomic E-state index is 0.688. The fourth-order valence-electron chi connectivity index (χ4n) is 7.31. The Hall–Kier alpha value is -6.91. The van der Waals surface area contributed by atoms with Gasteiger partial charge in [0.15, 0.2) is 5.82 Å². The standard InChI is InChI=1S/C47H30N4/c1-4-12-31(13-5-1)32-20-25-37(26-21-32)51-42-19-11-10-18-38(42)40-30-36(24-29-43(40)51)41-28-23-34-22-27-39-44(33-14-6-2-7-15-33)49-47(35-16-8-3-9-17-35)50-46(39)45(34)48-41/h1-30H. The van der Waals surface area contributed by atoms with Gasteiger partial charge in [-0.3, -0.25) is 0 Å². The summed E-state index contributed by atoms with van der Waals surface area (Å²) in [6.45, 7) is 0. The molecule has 51 heavy (non-hydrogen) atoms. The van der Waals surface area contributed by atoms with E-state index in [9.17, 15) is 0 Å². The highest BCUT2D eigenvalue weighted by Gasteiger charge is 2.17. The van der Waals surface area contributed by atoms with Crippen LogP contribution in [-0.2, 0) is 0 Å². The smallest absolute Gasteiger partial charge is 0.160 e. The molecule has 0 bridgehead atoms. The first-order valence-electron chi connectivity index (χ1n) is 17.2. The SMILES string of the molecule is c1ccc(-c2ccc(-n3c4ccccc4c4cc(-c5ccc6ccc7c(-c8ccccc8)nc(-c8ccccc8)nc7c6n5)ccc43)cc2)cc1. The molecule has 3 heterocycles. The van der Waals surface area contributed by atoms with Crippen LogP contribution in [0.1, 0.15) is 0 Å². The second-order valence-corrected chi connectivity index (χ2v) is 12.9. The zero-order chi connectivity index (χ0) is 33.7. The van der Waals surface area contributed by atoms with E-state index in [1.165, 1.54) is 27.4 Å². The number of aromatic nitrogens is 4. The van der Waals surface area contributed by atoms with E-state index in [0.29, 0.717) is 5.82 Å². The van der Waals surface area contributed by atoms with Crippen molar-refractivity contribution in [2.75, 3.05) is 0 Å².